The molecule has 0 fully saturated rings. The number of para-hydroxylation sites is 2. The number of hydrogen-bond donors (Lipinski definition) is 1. The Morgan fingerprint density at radius 1 is 1.41 bits per heavy atom. The Hall–Kier alpha value is -2.24. The van der Waals surface area contributed by atoms with E-state index in [2.05, 4.69) is 5.32 Å². The molecule has 2 rings (SSSR count). The number of likely N-dealkylation sites (N-methyl/N-ethyl adjacent to an activating group) is 1. The molecule has 1 N–H and O–H groups in total. The predicted molar refractivity (Wildman–Crippen MR) is 83.1 cm³/mol. The Bertz CT molecular complexity index is 566. The molecular weight excluding hydrogens is 284 g/mol. The van der Waals surface area contributed by atoms with Gasteiger partial charge in [-0.1, -0.05) is 12.1 Å². The number of carbonyl (C=O) groups excluding carboxylic acids is 2. The number of carbonyl (C=O) groups is 2. The minimum absolute atomic E-state index is 0.0750. The maximum atomic E-state index is 12.6. The summed E-state index contributed by atoms with van der Waals surface area (Å²) in [5.41, 5.74) is 0.0926. The molecule has 1 unspecified atom stereocenters. The van der Waals surface area contributed by atoms with Crippen molar-refractivity contribution in [3.63, 3.8) is 0 Å². The summed E-state index contributed by atoms with van der Waals surface area (Å²) in [6.07, 6.45) is -0.628. The lowest BCUT2D eigenvalue weighted by atomic mass is 10.2. The zero-order chi connectivity index (χ0) is 16.3. The maximum Gasteiger partial charge on any atom is 0.408 e. The van der Waals surface area contributed by atoms with E-state index >= 15 is 0 Å². The summed E-state index contributed by atoms with van der Waals surface area (Å²) in [6, 6.07) is 6.55. The van der Waals surface area contributed by atoms with Crippen LogP contribution in [0.5, 0.6) is 5.75 Å². The van der Waals surface area contributed by atoms with E-state index in [0.29, 0.717) is 18.0 Å². The summed E-state index contributed by atoms with van der Waals surface area (Å²) in [5, 5.41) is 2.59. The number of ether oxygens (including phenoxy) is 2. The highest BCUT2D eigenvalue weighted by Crippen LogP contribution is 2.30. The summed E-state index contributed by atoms with van der Waals surface area (Å²) >= 11 is 0. The quantitative estimate of drug-likeness (QED) is 0.910. The first-order valence-electron chi connectivity index (χ1n) is 7.34. The molecule has 1 atom stereocenters. The van der Waals surface area contributed by atoms with Crippen LogP contribution in [0.4, 0.5) is 10.5 Å². The second-order valence-electron chi connectivity index (χ2n) is 6.06. The number of alkyl carbamates (subject to hydrolysis) is 1. The number of benzene rings is 1. The summed E-state index contributed by atoms with van der Waals surface area (Å²) in [4.78, 5) is 26.1. The van der Waals surface area contributed by atoms with Gasteiger partial charge < -0.3 is 19.7 Å². The van der Waals surface area contributed by atoms with E-state index in [9.17, 15) is 9.59 Å². The van der Waals surface area contributed by atoms with Gasteiger partial charge in [0.2, 0.25) is 0 Å². The number of hydrogen-bond acceptors (Lipinski definition) is 4. The van der Waals surface area contributed by atoms with E-state index in [-0.39, 0.29) is 12.5 Å². The van der Waals surface area contributed by atoms with Crippen LogP contribution in [0, 0.1) is 0 Å². The van der Waals surface area contributed by atoms with Crippen LogP contribution in [-0.2, 0) is 9.53 Å². The van der Waals surface area contributed by atoms with Crippen LogP contribution in [-0.4, -0.2) is 36.8 Å². The van der Waals surface area contributed by atoms with Crippen molar-refractivity contribution in [3.8, 4) is 5.75 Å². The summed E-state index contributed by atoms with van der Waals surface area (Å²) in [7, 11) is 0. The molecule has 1 aliphatic heterocycles. The van der Waals surface area contributed by atoms with Crippen LogP contribution < -0.4 is 15.0 Å². The maximum absolute atomic E-state index is 12.6. The molecule has 0 radical (unpaired) electrons. The van der Waals surface area contributed by atoms with Gasteiger partial charge in [0.05, 0.1) is 5.69 Å². The standard InChI is InChI=1S/C16H22N2O4/c1-5-18-12-8-6-7-9-13(12)21-10-11(14(18)19)17-15(20)22-16(2,3)4/h6-9,11H,5,10H2,1-4H3,(H,17,20). The molecule has 2 amide bonds. The first-order chi connectivity index (χ1) is 10.3. The summed E-state index contributed by atoms with van der Waals surface area (Å²) in [6.45, 7) is 7.76. The van der Waals surface area contributed by atoms with Gasteiger partial charge in [0, 0.05) is 6.54 Å². The zero-order valence-corrected chi connectivity index (χ0v) is 13.4. The van der Waals surface area contributed by atoms with Crippen molar-refractivity contribution in [1.82, 2.24) is 5.32 Å². The number of rotatable bonds is 2. The molecule has 0 saturated heterocycles. The number of anilines is 1. The second-order valence-corrected chi connectivity index (χ2v) is 6.06. The van der Waals surface area contributed by atoms with Crippen LogP contribution in [0.15, 0.2) is 24.3 Å². The van der Waals surface area contributed by atoms with Crippen molar-refractivity contribution in [2.24, 2.45) is 0 Å². The number of fused-ring (bicyclic) bond motifs is 1. The third-order valence-electron chi connectivity index (χ3n) is 3.13. The smallest absolute Gasteiger partial charge is 0.408 e. The molecule has 0 saturated carbocycles. The molecule has 1 aromatic carbocycles. The molecule has 0 aromatic heterocycles. The van der Waals surface area contributed by atoms with E-state index in [4.69, 9.17) is 9.47 Å². The van der Waals surface area contributed by atoms with Crippen molar-refractivity contribution in [3.05, 3.63) is 24.3 Å². The molecule has 1 heterocycles. The van der Waals surface area contributed by atoms with Gasteiger partial charge in [0.1, 0.15) is 24.0 Å². The molecule has 6 heteroatoms. The molecule has 0 aliphatic carbocycles. The van der Waals surface area contributed by atoms with Gasteiger partial charge in [0.25, 0.3) is 5.91 Å². The average Bonchev–Trinajstić information content (AvgIpc) is 2.55. The monoisotopic (exact) mass is 306 g/mol. The normalized spacial score (nSPS) is 18.1. The largest absolute Gasteiger partial charge is 0.489 e. The highest BCUT2D eigenvalue weighted by molar-refractivity contribution is 6.00. The Kier molecular flexibility index (Phi) is 4.59. The lowest BCUT2D eigenvalue weighted by Crippen LogP contribution is -2.51. The molecule has 0 bridgehead atoms. The van der Waals surface area contributed by atoms with Gasteiger partial charge in [-0.15, -0.1) is 0 Å². The molecule has 120 valence electrons. The Balaban J connectivity index is 2.16. The van der Waals surface area contributed by atoms with Crippen LogP contribution in [0.25, 0.3) is 0 Å². The summed E-state index contributed by atoms with van der Waals surface area (Å²) < 4.78 is 10.9. The van der Waals surface area contributed by atoms with Crippen molar-refractivity contribution in [1.29, 1.82) is 0 Å². The second kappa shape index (κ2) is 6.25. The number of nitrogens with zero attached hydrogens (tertiary/aromatic N) is 1. The van der Waals surface area contributed by atoms with Crippen molar-refractivity contribution in [2.45, 2.75) is 39.3 Å². The third-order valence-corrected chi connectivity index (χ3v) is 3.13. The topological polar surface area (TPSA) is 67.9 Å². The van der Waals surface area contributed by atoms with Crippen molar-refractivity contribution >= 4 is 17.7 Å². The Morgan fingerprint density at radius 3 is 2.73 bits per heavy atom. The fourth-order valence-electron chi connectivity index (χ4n) is 2.23. The highest BCUT2D eigenvalue weighted by Gasteiger charge is 2.32. The fourth-order valence-corrected chi connectivity index (χ4v) is 2.23. The van der Waals surface area contributed by atoms with Crippen LogP contribution in [0.3, 0.4) is 0 Å². The van der Waals surface area contributed by atoms with Crippen molar-refractivity contribution in [2.75, 3.05) is 18.1 Å². The molecule has 22 heavy (non-hydrogen) atoms. The number of nitrogens with one attached hydrogen (secondary N) is 1. The van der Waals surface area contributed by atoms with Gasteiger partial charge in [-0.05, 0) is 39.8 Å². The predicted octanol–water partition coefficient (Wildman–Crippen LogP) is 2.33. The van der Waals surface area contributed by atoms with Gasteiger partial charge in [-0.2, -0.15) is 0 Å². The highest BCUT2D eigenvalue weighted by atomic mass is 16.6. The first-order valence-corrected chi connectivity index (χ1v) is 7.34. The average molecular weight is 306 g/mol. The number of amides is 2. The first kappa shape index (κ1) is 16.1. The summed E-state index contributed by atoms with van der Waals surface area (Å²) in [5.74, 6) is 0.421. The van der Waals surface area contributed by atoms with Gasteiger partial charge in [-0.3, -0.25) is 4.79 Å². The van der Waals surface area contributed by atoms with Crippen LogP contribution in [0.2, 0.25) is 0 Å². The lowest BCUT2D eigenvalue weighted by Gasteiger charge is -2.25. The minimum Gasteiger partial charge on any atom is -0.489 e. The van der Waals surface area contributed by atoms with E-state index in [0.717, 1.165) is 0 Å². The Labute approximate surface area is 130 Å². The van der Waals surface area contributed by atoms with Crippen LogP contribution in [0.1, 0.15) is 27.7 Å². The van der Waals surface area contributed by atoms with E-state index < -0.39 is 17.7 Å². The minimum atomic E-state index is -0.776. The van der Waals surface area contributed by atoms with Gasteiger partial charge in [0.15, 0.2) is 0 Å². The Morgan fingerprint density at radius 2 is 2.09 bits per heavy atom. The van der Waals surface area contributed by atoms with Gasteiger partial charge >= 0.3 is 6.09 Å². The fraction of sp³-hybridized carbons (Fsp3) is 0.500. The molecule has 1 aromatic rings. The van der Waals surface area contributed by atoms with E-state index in [1.54, 1.807) is 31.7 Å². The van der Waals surface area contributed by atoms with Crippen LogP contribution >= 0.6 is 0 Å². The molecule has 6 nitrogen and oxygen atoms in total. The third kappa shape index (κ3) is 3.69. The molecule has 0 spiro atoms. The van der Waals surface area contributed by atoms with E-state index in [1.807, 2.05) is 25.1 Å². The molecule has 1 aliphatic rings. The van der Waals surface area contributed by atoms with Crippen molar-refractivity contribution < 1.29 is 19.1 Å². The van der Waals surface area contributed by atoms with Gasteiger partial charge in [-0.25, -0.2) is 4.79 Å². The SMILES string of the molecule is CCN1C(=O)C(NC(=O)OC(C)(C)C)COc2ccccc21. The molecular formula is C16H22N2O4. The lowest BCUT2D eigenvalue weighted by molar-refractivity contribution is -0.121. The van der Waals surface area contributed by atoms with E-state index in [1.165, 1.54) is 0 Å². The zero-order valence-electron chi connectivity index (χ0n) is 13.4.